The molecule has 130 valence electrons. The van der Waals surface area contributed by atoms with Crippen LogP contribution in [0.1, 0.15) is 23.7 Å². The van der Waals surface area contributed by atoms with Crippen LogP contribution in [0.3, 0.4) is 0 Å². The minimum Gasteiger partial charge on any atom is -0.465 e. The number of carbonyl (C=O) groups excluding carboxylic acids is 1. The molecule has 24 heavy (non-hydrogen) atoms. The van der Waals surface area contributed by atoms with Crippen LogP contribution in [0.5, 0.6) is 0 Å². The molecular weight excluding hydrogens is 326 g/mol. The van der Waals surface area contributed by atoms with Crippen LogP contribution in [0.15, 0.2) is 36.4 Å². The summed E-state index contributed by atoms with van der Waals surface area (Å²) < 4.78 is 15.7. The fourth-order valence-corrected chi connectivity index (χ4v) is 3.57. The predicted molar refractivity (Wildman–Crippen MR) is 94.8 cm³/mol. The summed E-state index contributed by atoms with van der Waals surface area (Å²) in [5.41, 5.74) is 7.91. The minimum atomic E-state index is -0.641. The first-order chi connectivity index (χ1) is 11.6. The van der Waals surface area contributed by atoms with Crippen molar-refractivity contribution in [1.29, 1.82) is 0 Å². The van der Waals surface area contributed by atoms with Gasteiger partial charge in [0, 0.05) is 36.0 Å². The molecule has 1 unspecified atom stereocenters. The van der Waals surface area contributed by atoms with Crippen molar-refractivity contribution < 1.29 is 19.0 Å². The van der Waals surface area contributed by atoms with Crippen molar-refractivity contribution in [2.45, 2.75) is 25.7 Å². The molecule has 1 heterocycles. The summed E-state index contributed by atoms with van der Waals surface area (Å²) in [6.45, 7) is 2.11. The van der Waals surface area contributed by atoms with Crippen molar-refractivity contribution in [3.8, 4) is 10.4 Å². The average molecular weight is 349 g/mol. The Hall–Kier alpha value is -1.73. The maximum atomic E-state index is 11.7. The third kappa shape index (κ3) is 4.42. The van der Waals surface area contributed by atoms with Gasteiger partial charge in [-0.25, -0.2) is 0 Å². The highest BCUT2D eigenvalue weighted by atomic mass is 32.1. The number of hydrogen-bond acceptors (Lipinski definition) is 6. The summed E-state index contributed by atoms with van der Waals surface area (Å²) in [6, 6.07) is 11.3. The standard InChI is InChI=1S/C18H23NO4S/c1-4-23-17(20)15(19)11-12-9-10-16(24-12)13-7-5-6-8-14(13)18(21-2)22-3/h5-10,15,18H,4,11,19H2,1-3H3. The molecule has 5 nitrogen and oxygen atoms in total. The van der Waals surface area contributed by atoms with Crippen LogP contribution in [0.25, 0.3) is 10.4 Å². The molecule has 0 bridgehead atoms. The maximum absolute atomic E-state index is 11.7. The van der Waals surface area contributed by atoms with Gasteiger partial charge in [0.15, 0.2) is 6.29 Å². The Labute approximate surface area is 146 Å². The van der Waals surface area contributed by atoms with E-state index in [0.29, 0.717) is 13.0 Å². The van der Waals surface area contributed by atoms with Crippen LogP contribution < -0.4 is 5.73 Å². The van der Waals surface area contributed by atoms with Gasteiger partial charge in [-0.3, -0.25) is 4.79 Å². The number of rotatable bonds is 8. The lowest BCUT2D eigenvalue weighted by molar-refractivity contribution is -0.144. The number of nitrogens with two attached hydrogens (primary N) is 1. The minimum absolute atomic E-state index is 0.338. The Bertz CT molecular complexity index is 667. The first-order valence-electron chi connectivity index (χ1n) is 7.76. The monoisotopic (exact) mass is 349 g/mol. The normalized spacial score (nSPS) is 12.4. The number of carbonyl (C=O) groups is 1. The van der Waals surface area contributed by atoms with Gasteiger partial charge in [-0.2, -0.15) is 0 Å². The predicted octanol–water partition coefficient (Wildman–Crippen LogP) is 3.14. The number of benzene rings is 1. The lowest BCUT2D eigenvalue weighted by atomic mass is 10.1. The first kappa shape index (κ1) is 18.6. The lowest BCUT2D eigenvalue weighted by Gasteiger charge is -2.17. The average Bonchev–Trinajstić information content (AvgIpc) is 3.05. The molecule has 0 aliphatic heterocycles. The van der Waals surface area contributed by atoms with E-state index in [0.717, 1.165) is 20.9 Å². The molecule has 0 spiro atoms. The smallest absolute Gasteiger partial charge is 0.323 e. The largest absolute Gasteiger partial charge is 0.465 e. The zero-order valence-electron chi connectivity index (χ0n) is 14.2. The second-order valence-electron chi connectivity index (χ2n) is 5.22. The number of esters is 1. The van der Waals surface area contributed by atoms with Crippen molar-refractivity contribution in [2.75, 3.05) is 20.8 Å². The third-order valence-electron chi connectivity index (χ3n) is 3.58. The van der Waals surface area contributed by atoms with Crippen molar-refractivity contribution in [2.24, 2.45) is 5.73 Å². The quantitative estimate of drug-likeness (QED) is 0.586. The van der Waals surface area contributed by atoms with E-state index in [4.69, 9.17) is 19.9 Å². The second-order valence-corrected chi connectivity index (χ2v) is 6.39. The van der Waals surface area contributed by atoms with Crippen LogP contribution >= 0.6 is 11.3 Å². The van der Waals surface area contributed by atoms with Crippen molar-refractivity contribution in [3.05, 3.63) is 46.8 Å². The van der Waals surface area contributed by atoms with Crippen molar-refractivity contribution in [3.63, 3.8) is 0 Å². The molecule has 2 aromatic rings. The van der Waals surface area contributed by atoms with Crippen LogP contribution in [0, 0.1) is 0 Å². The number of hydrogen-bond donors (Lipinski definition) is 1. The molecule has 0 saturated heterocycles. The van der Waals surface area contributed by atoms with E-state index in [-0.39, 0.29) is 5.97 Å². The summed E-state index contributed by atoms with van der Waals surface area (Å²) in [5, 5.41) is 0. The maximum Gasteiger partial charge on any atom is 0.323 e. The molecule has 0 aliphatic rings. The molecule has 1 aromatic carbocycles. The van der Waals surface area contributed by atoms with Gasteiger partial charge in [0.1, 0.15) is 6.04 Å². The highest BCUT2D eigenvalue weighted by Gasteiger charge is 2.19. The molecule has 0 saturated carbocycles. The van der Waals surface area contributed by atoms with Crippen LogP contribution in [0.2, 0.25) is 0 Å². The molecular formula is C18H23NO4S. The van der Waals surface area contributed by atoms with E-state index < -0.39 is 12.3 Å². The fourth-order valence-electron chi connectivity index (χ4n) is 2.46. The molecule has 0 fully saturated rings. The van der Waals surface area contributed by atoms with E-state index in [1.807, 2.05) is 36.4 Å². The molecule has 0 radical (unpaired) electrons. The van der Waals surface area contributed by atoms with E-state index in [1.54, 1.807) is 32.5 Å². The van der Waals surface area contributed by atoms with Crippen molar-refractivity contribution >= 4 is 17.3 Å². The zero-order chi connectivity index (χ0) is 17.5. The lowest BCUT2D eigenvalue weighted by Crippen LogP contribution is -2.34. The Morgan fingerprint density at radius 1 is 1.17 bits per heavy atom. The summed E-state index contributed by atoms with van der Waals surface area (Å²) in [6.07, 6.45) is 0.0393. The van der Waals surface area contributed by atoms with E-state index in [1.165, 1.54) is 0 Å². The molecule has 0 aliphatic carbocycles. The van der Waals surface area contributed by atoms with E-state index in [2.05, 4.69) is 0 Å². The number of thiophene rings is 1. The molecule has 6 heteroatoms. The fraction of sp³-hybridized carbons (Fsp3) is 0.389. The summed E-state index contributed by atoms with van der Waals surface area (Å²) in [7, 11) is 3.23. The molecule has 2 N–H and O–H groups in total. The Morgan fingerprint density at radius 3 is 2.54 bits per heavy atom. The number of ether oxygens (including phenoxy) is 3. The second kappa shape index (κ2) is 8.94. The summed E-state index contributed by atoms with van der Waals surface area (Å²) in [5.74, 6) is -0.369. The Balaban J connectivity index is 2.21. The first-order valence-corrected chi connectivity index (χ1v) is 8.58. The third-order valence-corrected chi connectivity index (χ3v) is 4.72. The van der Waals surface area contributed by atoms with E-state index in [9.17, 15) is 4.79 Å². The summed E-state index contributed by atoms with van der Waals surface area (Å²) in [4.78, 5) is 13.8. The Morgan fingerprint density at radius 2 is 1.88 bits per heavy atom. The molecule has 1 atom stereocenters. The number of methoxy groups -OCH3 is 2. The van der Waals surface area contributed by atoms with Gasteiger partial charge >= 0.3 is 5.97 Å². The van der Waals surface area contributed by atoms with Gasteiger partial charge in [0.2, 0.25) is 0 Å². The van der Waals surface area contributed by atoms with Gasteiger partial charge in [-0.05, 0) is 24.6 Å². The SMILES string of the molecule is CCOC(=O)C(N)Cc1ccc(-c2ccccc2C(OC)OC)s1. The van der Waals surface area contributed by atoms with Gasteiger partial charge in [-0.15, -0.1) is 11.3 Å². The van der Waals surface area contributed by atoms with Crippen LogP contribution in [0.4, 0.5) is 0 Å². The van der Waals surface area contributed by atoms with E-state index >= 15 is 0 Å². The highest BCUT2D eigenvalue weighted by Crippen LogP contribution is 2.35. The van der Waals surface area contributed by atoms with Crippen molar-refractivity contribution in [1.82, 2.24) is 0 Å². The molecule has 0 amide bonds. The summed E-state index contributed by atoms with van der Waals surface area (Å²) >= 11 is 1.60. The van der Waals surface area contributed by atoms with Crippen LogP contribution in [-0.2, 0) is 25.4 Å². The molecule has 2 rings (SSSR count). The Kier molecular flexibility index (Phi) is 6.93. The highest BCUT2D eigenvalue weighted by molar-refractivity contribution is 7.15. The van der Waals surface area contributed by atoms with Gasteiger partial charge in [0.25, 0.3) is 0 Å². The van der Waals surface area contributed by atoms with Gasteiger partial charge < -0.3 is 19.9 Å². The van der Waals surface area contributed by atoms with Crippen LogP contribution in [-0.4, -0.2) is 32.8 Å². The van der Waals surface area contributed by atoms with Gasteiger partial charge in [-0.1, -0.05) is 24.3 Å². The van der Waals surface area contributed by atoms with Gasteiger partial charge in [0.05, 0.1) is 6.61 Å². The topological polar surface area (TPSA) is 70.8 Å². The zero-order valence-corrected chi connectivity index (χ0v) is 15.0. The molecule has 1 aromatic heterocycles.